The van der Waals surface area contributed by atoms with Gasteiger partial charge in [0.05, 0.1) is 12.1 Å². The summed E-state index contributed by atoms with van der Waals surface area (Å²) in [6, 6.07) is 12.0. The number of nitrogens with zero attached hydrogens (tertiary/aromatic N) is 1. The van der Waals surface area contributed by atoms with Gasteiger partial charge in [0.15, 0.2) is 0 Å². The van der Waals surface area contributed by atoms with Gasteiger partial charge in [0.1, 0.15) is 11.5 Å². The summed E-state index contributed by atoms with van der Waals surface area (Å²) in [7, 11) is 1.90. The summed E-state index contributed by atoms with van der Waals surface area (Å²) >= 11 is 0. The molecule has 0 radical (unpaired) electrons. The van der Waals surface area contributed by atoms with Crippen molar-refractivity contribution < 1.29 is 15.3 Å². The van der Waals surface area contributed by atoms with E-state index in [1.807, 2.05) is 24.1 Å². The number of aromatic hydroxyl groups is 2. The van der Waals surface area contributed by atoms with Crippen molar-refractivity contribution in [1.82, 2.24) is 4.90 Å². The standard InChI is InChI=1S/C16H17NO3/c1-17-9-14(20)12-6-3-7-13(19)15(12)16(17)10-4-2-5-11(18)8-10/h2-8,14,16,18-20H,9H2,1H3/t14-,16-/m0/s1. The highest BCUT2D eigenvalue weighted by Crippen LogP contribution is 2.42. The molecule has 1 aliphatic rings. The van der Waals surface area contributed by atoms with Crippen molar-refractivity contribution in [2.75, 3.05) is 13.6 Å². The van der Waals surface area contributed by atoms with Crippen LogP contribution in [0.4, 0.5) is 0 Å². The van der Waals surface area contributed by atoms with E-state index in [1.165, 1.54) is 0 Å². The predicted molar refractivity (Wildman–Crippen MR) is 75.6 cm³/mol. The highest BCUT2D eigenvalue weighted by Gasteiger charge is 2.33. The van der Waals surface area contributed by atoms with E-state index in [9.17, 15) is 15.3 Å². The molecular weight excluding hydrogens is 254 g/mol. The van der Waals surface area contributed by atoms with E-state index < -0.39 is 6.10 Å². The van der Waals surface area contributed by atoms with E-state index in [2.05, 4.69) is 0 Å². The summed E-state index contributed by atoms with van der Waals surface area (Å²) < 4.78 is 0. The smallest absolute Gasteiger partial charge is 0.121 e. The van der Waals surface area contributed by atoms with Crippen LogP contribution in [0.15, 0.2) is 42.5 Å². The van der Waals surface area contributed by atoms with Crippen LogP contribution in [0.2, 0.25) is 0 Å². The maximum atomic E-state index is 10.2. The Kier molecular flexibility index (Phi) is 3.12. The maximum Gasteiger partial charge on any atom is 0.121 e. The first kappa shape index (κ1) is 13.0. The maximum absolute atomic E-state index is 10.2. The number of fused-ring (bicyclic) bond motifs is 1. The fourth-order valence-electron chi connectivity index (χ4n) is 2.97. The molecule has 3 rings (SSSR count). The van der Waals surface area contributed by atoms with E-state index in [4.69, 9.17) is 0 Å². The summed E-state index contributed by atoms with van der Waals surface area (Å²) in [6.45, 7) is 0.483. The Labute approximate surface area is 117 Å². The lowest BCUT2D eigenvalue weighted by molar-refractivity contribution is 0.0929. The summed E-state index contributed by atoms with van der Waals surface area (Å²) in [5.74, 6) is 0.362. The molecule has 4 heteroatoms. The lowest BCUT2D eigenvalue weighted by atomic mass is 9.86. The topological polar surface area (TPSA) is 63.9 Å². The third kappa shape index (κ3) is 2.03. The molecule has 2 aromatic carbocycles. The van der Waals surface area contributed by atoms with E-state index in [-0.39, 0.29) is 17.5 Å². The van der Waals surface area contributed by atoms with Crippen LogP contribution in [-0.4, -0.2) is 33.8 Å². The van der Waals surface area contributed by atoms with Crippen LogP contribution in [0.1, 0.15) is 28.8 Å². The van der Waals surface area contributed by atoms with Gasteiger partial charge < -0.3 is 15.3 Å². The zero-order valence-corrected chi connectivity index (χ0v) is 11.2. The Morgan fingerprint density at radius 1 is 1.10 bits per heavy atom. The average molecular weight is 271 g/mol. The van der Waals surface area contributed by atoms with Crippen LogP contribution in [-0.2, 0) is 0 Å². The number of rotatable bonds is 1. The third-order valence-corrected chi connectivity index (χ3v) is 3.84. The highest BCUT2D eigenvalue weighted by molar-refractivity contribution is 5.49. The molecule has 0 saturated carbocycles. The number of phenolic OH excluding ortho intramolecular Hbond substituents is 2. The molecular formula is C16H17NO3. The molecule has 20 heavy (non-hydrogen) atoms. The van der Waals surface area contributed by atoms with Crippen molar-refractivity contribution in [3.63, 3.8) is 0 Å². The van der Waals surface area contributed by atoms with Crippen molar-refractivity contribution in [3.8, 4) is 11.5 Å². The second-order valence-corrected chi connectivity index (χ2v) is 5.23. The number of aliphatic hydroxyl groups excluding tert-OH is 1. The highest BCUT2D eigenvalue weighted by atomic mass is 16.3. The molecule has 0 saturated heterocycles. The molecule has 0 amide bonds. The second kappa shape index (κ2) is 4.81. The number of β-amino-alcohol motifs (C(OH)–C–C–N with tert-alkyl or cyclic N) is 1. The zero-order chi connectivity index (χ0) is 14.3. The van der Waals surface area contributed by atoms with Crippen LogP contribution < -0.4 is 0 Å². The molecule has 0 aliphatic carbocycles. The molecule has 0 bridgehead atoms. The van der Waals surface area contributed by atoms with Crippen molar-refractivity contribution >= 4 is 0 Å². The summed E-state index contributed by atoms with van der Waals surface area (Å²) in [4.78, 5) is 1.97. The van der Waals surface area contributed by atoms with E-state index in [0.717, 1.165) is 11.1 Å². The van der Waals surface area contributed by atoms with Crippen molar-refractivity contribution in [2.24, 2.45) is 0 Å². The van der Waals surface area contributed by atoms with Crippen LogP contribution in [0.5, 0.6) is 11.5 Å². The first-order chi connectivity index (χ1) is 9.58. The van der Waals surface area contributed by atoms with E-state index in [1.54, 1.807) is 30.3 Å². The molecule has 1 aliphatic heterocycles. The number of benzene rings is 2. The summed E-state index contributed by atoms with van der Waals surface area (Å²) in [5, 5.41) is 30.0. The van der Waals surface area contributed by atoms with Crippen molar-refractivity contribution in [3.05, 3.63) is 59.2 Å². The minimum atomic E-state index is -0.615. The van der Waals surface area contributed by atoms with E-state index in [0.29, 0.717) is 12.1 Å². The van der Waals surface area contributed by atoms with Gasteiger partial charge in [-0.2, -0.15) is 0 Å². The van der Waals surface area contributed by atoms with Gasteiger partial charge in [0.25, 0.3) is 0 Å². The molecule has 2 aromatic rings. The Balaban J connectivity index is 2.19. The van der Waals surface area contributed by atoms with E-state index >= 15 is 0 Å². The predicted octanol–water partition coefficient (Wildman–Crippen LogP) is 2.17. The third-order valence-electron chi connectivity index (χ3n) is 3.84. The number of aliphatic hydroxyl groups is 1. The SMILES string of the molecule is CN1C[C@H](O)c2cccc(O)c2[C@@H]1c1cccc(O)c1. The van der Waals surface area contributed by atoms with Gasteiger partial charge in [-0.05, 0) is 36.4 Å². The molecule has 0 spiro atoms. The van der Waals surface area contributed by atoms with Crippen LogP contribution in [0.3, 0.4) is 0 Å². The Morgan fingerprint density at radius 3 is 2.60 bits per heavy atom. The molecule has 0 fully saturated rings. The molecule has 104 valence electrons. The minimum absolute atomic E-state index is 0.168. The number of likely N-dealkylation sites (N-methyl/N-ethyl adjacent to an activating group) is 1. The van der Waals surface area contributed by atoms with Gasteiger partial charge in [-0.25, -0.2) is 0 Å². The summed E-state index contributed by atoms with van der Waals surface area (Å²) in [6.07, 6.45) is -0.615. The normalized spacial score (nSPS) is 22.5. The van der Waals surface area contributed by atoms with Gasteiger partial charge in [-0.1, -0.05) is 24.3 Å². The lowest BCUT2D eigenvalue weighted by Gasteiger charge is -2.37. The molecule has 1 heterocycles. The number of phenols is 2. The monoisotopic (exact) mass is 271 g/mol. The fraction of sp³-hybridized carbons (Fsp3) is 0.250. The fourth-order valence-corrected chi connectivity index (χ4v) is 2.97. The molecule has 2 atom stereocenters. The Bertz CT molecular complexity index is 641. The Morgan fingerprint density at radius 2 is 1.85 bits per heavy atom. The van der Waals surface area contributed by atoms with Crippen molar-refractivity contribution in [2.45, 2.75) is 12.1 Å². The minimum Gasteiger partial charge on any atom is -0.508 e. The second-order valence-electron chi connectivity index (χ2n) is 5.23. The quantitative estimate of drug-likeness (QED) is 0.744. The number of hydrogen-bond acceptors (Lipinski definition) is 4. The van der Waals surface area contributed by atoms with Gasteiger partial charge in [-0.3, -0.25) is 4.90 Å². The molecule has 0 aromatic heterocycles. The number of hydrogen-bond donors (Lipinski definition) is 3. The summed E-state index contributed by atoms with van der Waals surface area (Å²) in [5.41, 5.74) is 2.35. The van der Waals surface area contributed by atoms with Gasteiger partial charge in [-0.15, -0.1) is 0 Å². The van der Waals surface area contributed by atoms with Crippen LogP contribution >= 0.6 is 0 Å². The van der Waals surface area contributed by atoms with Crippen LogP contribution in [0.25, 0.3) is 0 Å². The zero-order valence-electron chi connectivity index (χ0n) is 11.2. The largest absolute Gasteiger partial charge is 0.508 e. The average Bonchev–Trinajstić information content (AvgIpc) is 2.40. The first-order valence-electron chi connectivity index (χ1n) is 6.57. The van der Waals surface area contributed by atoms with Crippen molar-refractivity contribution in [1.29, 1.82) is 0 Å². The first-order valence-corrected chi connectivity index (χ1v) is 6.57. The van der Waals surface area contributed by atoms with Gasteiger partial charge in [0, 0.05) is 12.1 Å². The lowest BCUT2D eigenvalue weighted by Crippen LogP contribution is -2.35. The molecule has 4 nitrogen and oxygen atoms in total. The van der Waals surface area contributed by atoms with Gasteiger partial charge >= 0.3 is 0 Å². The van der Waals surface area contributed by atoms with Crippen LogP contribution in [0, 0.1) is 0 Å². The molecule has 0 unspecified atom stereocenters. The Hall–Kier alpha value is -2.04. The molecule has 3 N–H and O–H groups in total. The van der Waals surface area contributed by atoms with Gasteiger partial charge in [0.2, 0.25) is 0 Å².